The van der Waals surface area contributed by atoms with Crippen molar-refractivity contribution in [3.05, 3.63) is 35.9 Å². The number of hydrogen-bond acceptors (Lipinski definition) is 7. The minimum Gasteiger partial charge on any atom is -0.481 e. The quantitative estimate of drug-likeness (QED) is 0.264. The molecule has 1 aliphatic heterocycles. The summed E-state index contributed by atoms with van der Waals surface area (Å²) in [5, 5.41) is 20.4. The van der Waals surface area contributed by atoms with Gasteiger partial charge in [0.05, 0.1) is 0 Å². The number of likely N-dealkylation sites (tertiary alicyclic amines) is 1. The van der Waals surface area contributed by atoms with Gasteiger partial charge in [-0.2, -0.15) is 0 Å². The number of carboxylic acids is 2. The molecule has 12 nitrogen and oxygen atoms in total. The first-order chi connectivity index (χ1) is 16.5. The van der Waals surface area contributed by atoms with Crippen LogP contribution in [-0.4, -0.2) is 76.5 Å². The Hall–Kier alpha value is -3.51. The summed E-state index contributed by atoms with van der Waals surface area (Å²) in [5.74, 6) is -2.39. The zero-order chi connectivity index (χ0) is 26.8. The molecule has 2 rings (SSSR count). The van der Waals surface area contributed by atoms with Crippen LogP contribution in [0.25, 0.3) is 0 Å². The Balaban J connectivity index is 0.00000126. The summed E-state index contributed by atoms with van der Waals surface area (Å²) in [7, 11) is 0. The number of hydrogen-bond donors (Lipinski definition) is 6. The predicted octanol–water partition coefficient (Wildman–Crippen LogP) is -0.342. The number of carbonyl (C=O) groups is 5. The molecule has 2 atom stereocenters. The number of carboxylic acid groups (broad SMARTS) is 2. The second kappa shape index (κ2) is 17.9. The highest BCUT2D eigenvalue weighted by Crippen LogP contribution is 2.18. The van der Waals surface area contributed by atoms with E-state index in [2.05, 4.69) is 10.6 Å². The highest BCUT2D eigenvalue weighted by molar-refractivity contribution is 5.92. The standard InChI is InChI=1S/C19H29N5O3.2C2H4O2/c20-10-8-15(18(26)22-13-14-5-2-1-3-6-14)23-19(27)16-7-4-12-24(16)17(25)9-11-21;2*1-2(3)4/h1-3,5-6,15-16H,4,7-13,20-21H2,(H,22,26)(H,23,27);2*1H3,(H,3,4). The Kier molecular flexibility index (Phi) is 16.1. The third kappa shape index (κ3) is 14.4. The van der Waals surface area contributed by atoms with Crippen molar-refractivity contribution in [2.75, 3.05) is 19.6 Å². The monoisotopic (exact) mass is 495 g/mol. The van der Waals surface area contributed by atoms with Crippen molar-refractivity contribution in [1.82, 2.24) is 15.5 Å². The van der Waals surface area contributed by atoms with Gasteiger partial charge in [0.15, 0.2) is 0 Å². The molecule has 12 heteroatoms. The van der Waals surface area contributed by atoms with Gasteiger partial charge in [0.1, 0.15) is 12.1 Å². The summed E-state index contributed by atoms with van der Waals surface area (Å²) in [4.78, 5) is 56.9. The fourth-order valence-corrected chi connectivity index (χ4v) is 3.22. The van der Waals surface area contributed by atoms with Crippen molar-refractivity contribution in [3.8, 4) is 0 Å². The minimum atomic E-state index is -0.833. The Labute approximate surface area is 205 Å². The zero-order valence-corrected chi connectivity index (χ0v) is 20.2. The normalized spacial score (nSPS) is 14.9. The largest absolute Gasteiger partial charge is 0.481 e. The summed E-state index contributed by atoms with van der Waals surface area (Å²) in [5.41, 5.74) is 12.0. The zero-order valence-electron chi connectivity index (χ0n) is 20.2. The van der Waals surface area contributed by atoms with Gasteiger partial charge in [0.25, 0.3) is 11.9 Å². The molecular formula is C23H37N5O7. The lowest BCUT2D eigenvalue weighted by atomic mass is 10.1. The lowest BCUT2D eigenvalue weighted by molar-refractivity contribution is -0.139. The molecule has 2 unspecified atom stereocenters. The van der Waals surface area contributed by atoms with E-state index in [1.165, 1.54) is 0 Å². The van der Waals surface area contributed by atoms with Crippen LogP contribution < -0.4 is 22.1 Å². The molecule has 35 heavy (non-hydrogen) atoms. The summed E-state index contributed by atoms with van der Waals surface area (Å²) >= 11 is 0. The molecule has 0 saturated carbocycles. The van der Waals surface area contributed by atoms with Gasteiger partial charge in [-0.1, -0.05) is 30.3 Å². The van der Waals surface area contributed by atoms with Crippen LogP contribution in [0, 0.1) is 0 Å². The summed E-state index contributed by atoms with van der Waals surface area (Å²) < 4.78 is 0. The van der Waals surface area contributed by atoms with E-state index in [1.807, 2.05) is 30.3 Å². The Morgan fingerprint density at radius 3 is 2.11 bits per heavy atom. The third-order valence-electron chi connectivity index (χ3n) is 4.63. The van der Waals surface area contributed by atoms with Gasteiger partial charge in [0.2, 0.25) is 17.7 Å². The van der Waals surface area contributed by atoms with Crippen LogP contribution in [0.15, 0.2) is 30.3 Å². The summed E-state index contributed by atoms with van der Waals surface area (Å²) in [6, 6.07) is 8.25. The highest BCUT2D eigenvalue weighted by atomic mass is 16.4. The van der Waals surface area contributed by atoms with Crippen LogP contribution in [0.5, 0.6) is 0 Å². The van der Waals surface area contributed by atoms with Gasteiger partial charge in [0, 0.05) is 39.9 Å². The van der Waals surface area contributed by atoms with Crippen LogP contribution in [0.2, 0.25) is 0 Å². The maximum absolute atomic E-state index is 12.7. The van der Waals surface area contributed by atoms with Crippen molar-refractivity contribution >= 4 is 29.7 Å². The van der Waals surface area contributed by atoms with E-state index >= 15 is 0 Å². The fourth-order valence-electron chi connectivity index (χ4n) is 3.22. The van der Waals surface area contributed by atoms with E-state index in [4.69, 9.17) is 31.3 Å². The molecule has 1 aliphatic rings. The molecule has 0 aromatic heterocycles. The maximum Gasteiger partial charge on any atom is 0.300 e. The Morgan fingerprint density at radius 1 is 1.03 bits per heavy atom. The first kappa shape index (κ1) is 31.5. The maximum atomic E-state index is 12.7. The van der Waals surface area contributed by atoms with Gasteiger partial charge in [-0.25, -0.2) is 0 Å². The molecule has 0 spiro atoms. The first-order valence-corrected chi connectivity index (χ1v) is 11.2. The van der Waals surface area contributed by atoms with E-state index in [0.717, 1.165) is 25.8 Å². The van der Waals surface area contributed by atoms with Crippen LogP contribution in [0.4, 0.5) is 0 Å². The lowest BCUT2D eigenvalue weighted by Crippen LogP contribution is -2.53. The van der Waals surface area contributed by atoms with Crippen LogP contribution in [0.3, 0.4) is 0 Å². The van der Waals surface area contributed by atoms with Crippen LogP contribution >= 0.6 is 0 Å². The number of amides is 3. The molecule has 3 amide bonds. The number of aliphatic carboxylic acids is 2. The van der Waals surface area contributed by atoms with Gasteiger partial charge < -0.3 is 37.2 Å². The second-order valence-corrected chi connectivity index (χ2v) is 7.66. The van der Waals surface area contributed by atoms with E-state index in [-0.39, 0.29) is 37.2 Å². The number of benzene rings is 1. The molecule has 1 aromatic rings. The molecule has 196 valence electrons. The van der Waals surface area contributed by atoms with Gasteiger partial charge in [-0.15, -0.1) is 0 Å². The summed E-state index contributed by atoms with van der Waals surface area (Å²) in [6.07, 6.45) is 1.89. The number of nitrogens with one attached hydrogen (secondary N) is 2. The van der Waals surface area contributed by atoms with E-state index in [1.54, 1.807) is 4.90 Å². The fraction of sp³-hybridized carbons (Fsp3) is 0.522. The smallest absolute Gasteiger partial charge is 0.300 e. The van der Waals surface area contributed by atoms with Crippen molar-refractivity contribution in [2.24, 2.45) is 11.5 Å². The van der Waals surface area contributed by atoms with E-state index in [0.29, 0.717) is 25.9 Å². The average molecular weight is 496 g/mol. The Morgan fingerprint density at radius 2 is 1.60 bits per heavy atom. The van der Waals surface area contributed by atoms with Crippen molar-refractivity contribution < 1.29 is 34.2 Å². The van der Waals surface area contributed by atoms with Gasteiger partial charge in [-0.3, -0.25) is 24.0 Å². The number of rotatable bonds is 9. The molecule has 0 aliphatic carbocycles. The molecule has 1 saturated heterocycles. The van der Waals surface area contributed by atoms with E-state index in [9.17, 15) is 14.4 Å². The first-order valence-electron chi connectivity index (χ1n) is 11.2. The Bertz CT molecular complexity index is 800. The molecule has 8 N–H and O–H groups in total. The van der Waals surface area contributed by atoms with Crippen LogP contribution in [0.1, 0.15) is 45.1 Å². The topological polar surface area (TPSA) is 205 Å². The molecule has 1 aromatic carbocycles. The predicted molar refractivity (Wildman–Crippen MR) is 129 cm³/mol. The minimum absolute atomic E-state index is 0.126. The van der Waals surface area contributed by atoms with Gasteiger partial charge in [-0.05, 0) is 31.4 Å². The van der Waals surface area contributed by atoms with Crippen molar-refractivity contribution in [3.63, 3.8) is 0 Å². The molecular weight excluding hydrogens is 458 g/mol. The molecule has 1 fully saturated rings. The number of nitrogens with two attached hydrogens (primary N) is 2. The number of nitrogens with zero attached hydrogens (tertiary/aromatic N) is 1. The molecule has 1 heterocycles. The number of carbonyl (C=O) groups excluding carboxylic acids is 3. The molecule has 0 bridgehead atoms. The van der Waals surface area contributed by atoms with Crippen molar-refractivity contribution in [1.29, 1.82) is 0 Å². The lowest BCUT2D eigenvalue weighted by Gasteiger charge is -2.26. The summed E-state index contributed by atoms with van der Waals surface area (Å²) in [6.45, 7) is 3.60. The highest BCUT2D eigenvalue weighted by Gasteiger charge is 2.35. The van der Waals surface area contributed by atoms with E-state index < -0.39 is 24.0 Å². The second-order valence-electron chi connectivity index (χ2n) is 7.66. The molecule has 0 radical (unpaired) electrons. The van der Waals surface area contributed by atoms with Crippen molar-refractivity contribution in [2.45, 2.75) is 58.2 Å². The third-order valence-corrected chi connectivity index (χ3v) is 4.63. The SMILES string of the molecule is CC(=O)O.CC(=O)O.NCCC(=O)N1CCCC1C(=O)NC(CCN)C(=O)NCc1ccccc1. The van der Waals surface area contributed by atoms with Gasteiger partial charge >= 0.3 is 0 Å². The average Bonchev–Trinajstić information content (AvgIpc) is 3.27. The van der Waals surface area contributed by atoms with Crippen LogP contribution in [-0.2, 0) is 30.5 Å².